The Labute approximate surface area is 184 Å². The van der Waals surface area contributed by atoms with Gasteiger partial charge in [0.15, 0.2) is 0 Å². The van der Waals surface area contributed by atoms with E-state index >= 15 is 0 Å². The molecular formula is C23H25N3O4S. The van der Waals surface area contributed by atoms with Crippen molar-refractivity contribution in [2.24, 2.45) is 0 Å². The highest BCUT2D eigenvalue weighted by Crippen LogP contribution is 2.27. The van der Waals surface area contributed by atoms with Crippen molar-refractivity contribution in [3.05, 3.63) is 71.7 Å². The van der Waals surface area contributed by atoms with E-state index < -0.39 is 10.8 Å². The summed E-state index contributed by atoms with van der Waals surface area (Å²) in [5.74, 6) is 0.992. The first-order valence-electron chi connectivity index (χ1n) is 9.86. The minimum Gasteiger partial charge on any atom is -0.497 e. The number of carbonyl (C=O) groups excluding carboxylic acids is 1. The number of pyridine rings is 2. The van der Waals surface area contributed by atoms with Crippen LogP contribution in [-0.2, 0) is 23.0 Å². The van der Waals surface area contributed by atoms with E-state index in [-0.39, 0.29) is 22.2 Å². The number of anilines is 1. The molecule has 1 aromatic carbocycles. The molecule has 2 heterocycles. The Morgan fingerprint density at radius 2 is 1.90 bits per heavy atom. The molecule has 8 heteroatoms. The van der Waals surface area contributed by atoms with E-state index in [1.54, 1.807) is 56.8 Å². The Bertz CT molecular complexity index is 1090. The monoisotopic (exact) mass is 439 g/mol. The summed E-state index contributed by atoms with van der Waals surface area (Å²) in [4.78, 5) is 21.5. The Hall–Kier alpha value is -3.26. The second-order valence-electron chi connectivity index (χ2n) is 6.76. The summed E-state index contributed by atoms with van der Waals surface area (Å²) in [7, 11) is 1.56. The number of nitrogens with zero attached hydrogens (tertiary/aromatic N) is 2. The average Bonchev–Trinajstić information content (AvgIpc) is 2.79. The summed E-state index contributed by atoms with van der Waals surface area (Å²) < 4.78 is 23.7. The maximum Gasteiger partial charge on any atom is 0.258 e. The van der Waals surface area contributed by atoms with E-state index in [9.17, 15) is 9.00 Å². The van der Waals surface area contributed by atoms with E-state index in [0.29, 0.717) is 17.2 Å². The molecule has 31 heavy (non-hydrogen) atoms. The van der Waals surface area contributed by atoms with Crippen molar-refractivity contribution in [3.63, 3.8) is 0 Å². The summed E-state index contributed by atoms with van der Waals surface area (Å²) in [6.07, 6.45) is 4.99. The van der Waals surface area contributed by atoms with Gasteiger partial charge in [0.25, 0.3) is 5.91 Å². The van der Waals surface area contributed by atoms with Gasteiger partial charge in [-0.3, -0.25) is 14.0 Å². The zero-order valence-electron chi connectivity index (χ0n) is 17.8. The fourth-order valence-electron chi connectivity index (χ4n) is 3.07. The van der Waals surface area contributed by atoms with Gasteiger partial charge in [-0.05, 0) is 36.8 Å². The quantitative estimate of drug-likeness (QED) is 0.542. The first-order valence-corrected chi connectivity index (χ1v) is 11.2. The van der Waals surface area contributed by atoms with Gasteiger partial charge < -0.3 is 14.8 Å². The Morgan fingerprint density at radius 1 is 1.06 bits per heavy atom. The fourth-order valence-corrected chi connectivity index (χ4v) is 4.32. The van der Waals surface area contributed by atoms with Gasteiger partial charge in [0.05, 0.1) is 36.3 Å². The standard InChI is InChI=1S/C23H25N3O4S/c1-4-6-17-13-18(10-12-24-17)26-22(27)20-7-5-11-25-23(20)31(28)15-16-8-9-19(29-2)14-21(16)30-3/h5,7-14H,4,6,15H2,1-3H3,(H,24,26,27). The number of amides is 1. The van der Waals surface area contributed by atoms with Gasteiger partial charge in [-0.15, -0.1) is 0 Å². The van der Waals surface area contributed by atoms with Crippen molar-refractivity contribution < 1.29 is 18.5 Å². The first-order chi connectivity index (χ1) is 15.0. The van der Waals surface area contributed by atoms with E-state index in [0.717, 1.165) is 24.1 Å². The average molecular weight is 440 g/mol. The maximum absolute atomic E-state index is 13.1. The number of rotatable bonds is 9. The molecule has 1 unspecified atom stereocenters. The van der Waals surface area contributed by atoms with Gasteiger partial charge in [-0.2, -0.15) is 0 Å². The Balaban J connectivity index is 1.82. The summed E-state index contributed by atoms with van der Waals surface area (Å²) in [6.45, 7) is 2.07. The predicted molar refractivity (Wildman–Crippen MR) is 120 cm³/mol. The van der Waals surface area contributed by atoms with Crippen LogP contribution in [0.1, 0.15) is 35.0 Å². The molecule has 162 valence electrons. The minimum absolute atomic E-state index is 0.153. The normalized spacial score (nSPS) is 11.6. The molecule has 0 radical (unpaired) electrons. The third kappa shape index (κ3) is 5.67. The molecule has 3 aromatic rings. The third-order valence-electron chi connectivity index (χ3n) is 4.59. The number of aromatic nitrogens is 2. The van der Waals surface area contributed by atoms with Gasteiger partial charge in [0.1, 0.15) is 16.5 Å². The molecule has 1 amide bonds. The van der Waals surface area contributed by atoms with E-state index in [1.807, 2.05) is 6.07 Å². The number of carbonyl (C=O) groups is 1. The maximum atomic E-state index is 13.1. The molecule has 0 aliphatic carbocycles. The fraction of sp³-hybridized carbons (Fsp3) is 0.261. The lowest BCUT2D eigenvalue weighted by Gasteiger charge is -2.12. The first kappa shape index (κ1) is 22.4. The largest absolute Gasteiger partial charge is 0.497 e. The minimum atomic E-state index is -1.56. The molecule has 1 atom stereocenters. The van der Waals surface area contributed by atoms with Crippen molar-refractivity contribution in [3.8, 4) is 11.5 Å². The molecule has 3 rings (SSSR count). The van der Waals surface area contributed by atoms with Gasteiger partial charge in [0.2, 0.25) is 0 Å². The van der Waals surface area contributed by atoms with Crippen LogP contribution in [0.4, 0.5) is 5.69 Å². The van der Waals surface area contributed by atoms with Crippen LogP contribution < -0.4 is 14.8 Å². The molecule has 0 aliphatic heterocycles. The number of methoxy groups -OCH3 is 2. The lowest BCUT2D eigenvalue weighted by Crippen LogP contribution is -2.16. The topological polar surface area (TPSA) is 90.4 Å². The number of benzene rings is 1. The Kier molecular flexibility index (Phi) is 7.72. The van der Waals surface area contributed by atoms with Crippen LogP contribution in [0.2, 0.25) is 0 Å². The third-order valence-corrected chi connectivity index (χ3v) is 5.92. The van der Waals surface area contributed by atoms with Gasteiger partial charge in [-0.1, -0.05) is 19.4 Å². The highest BCUT2D eigenvalue weighted by molar-refractivity contribution is 7.84. The number of hydrogen-bond acceptors (Lipinski definition) is 6. The van der Waals surface area contributed by atoms with Crippen molar-refractivity contribution in [2.75, 3.05) is 19.5 Å². The highest BCUT2D eigenvalue weighted by Gasteiger charge is 2.19. The molecule has 1 N–H and O–H groups in total. The number of nitrogens with one attached hydrogen (secondary N) is 1. The second kappa shape index (κ2) is 10.7. The smallest absolute Gasteiger partial charge is 0.258 e. The molecule has 0 fully saturated rings. The highest BCUT2D eigenvalue weighted by atomic mass is 32.2. The van der Waals surface area contributed by atoms with Crippen LogP contribution in [0, 0.1) is 0 Å². The second-order valence-corrected chi connectivity index (χ2v) is 8.13. The summed E-state index contributed by atoms with van der Waals surface area (Å²) in [5.41, 5.74) is 2.54. The van der Waals surface area contributed by atoms with Gasteiger partial charge >= 0.3 is 0 Å². The lowest BCUT2D eigenvalue weighted by atomic mass is 10.2. The van der Waals surface area contributed by atoms with Crippen molar-refractivity contribution in [1.82, 2.24) is 9.97 Å². The van der Waals surface area contributed by atoms with Crippen LogP contribution in [0.25, 0.3) is 0 Å². The van der Waals surface area contributed by atoms with Crippen molar-refractivity contribution >= 4 is 22.4 Å². The number of ether oxygens (including phenoxy) is 2. The van der Waals surface area contributed by atoms with Gasteiger partial charge in [0, 0.05) is 35.4 Å². The zero-order chi connectivity index (χ0) is 22.2. The van der Waals surface area contributed by atoms with Crippen LogP contribution in [-0.4, -0.2) is 34.3 Å². The Morgan fingerprint density at radius 3 is 2.65 bits per heavy atom. The summed E-state index contributed by atoms with van der Waals surface area (Å²) in [6, 6.07) is 12.1. The summed E-state index contributed by atoms with van der Waals surface area (Å²) in [5, 5.41) is 3.08. The molecule has 0 saturated carbocycles. The van der Waals surface area contributed by atoms with Crippen LogP contribution in [0.5, 0.6) is 11.5 Å². The van der Waals surface area contributed by atoms with Crippen molar-refractivity contribution in [2.45, 2.75) is 30.5 Å². The summed E-state index contributed by atoms with van der Waals surface area (Å²) >= 11 is 0. The van der Waals surface area contributed by atoms with E-state index in [2.05, 4.69) is 22.2 Å². The van der Waals surface area contributed by atoms with E-state index in [1.165, 1.54) is 6.20 Å². The predicted octanol–water partition coefficient (Wildman–Crippen LogP) is 4.01. The molecule has 7 nitrogen and oxygen atoms in total. The van der Waals surface area contributed by atoms with E-state index in [4.69, 9.17) is 9.47 Å². The van der Waals surface area contributed by atoms with Crippen LogP contribution in [0.3, 0.4) is 0 Å². The van der Waals surface area contributed by atoms with Crippen LogP contribution in [0.15, 0.2) is 59.9 Å². The number of hydrogen-bond donors (Lipinski definition) is 1. The van der Waals surface area contributed by atoms with Gasteiger partial charge in [-0.25, -0.2) is 4.98 Å². The molecule has 0 spiro atoms. The molecular weight excluding hydrogens is 414 g/mol. The lowest BCUT2D eigenvalue weighted by molar-refractivity contribution is 0.102. The van der Waals surface area contributed by atoms with Crippen LogP contribution >= 0.6 is 0 Å². The van der Waals surface area contributed by atoms with Crippen molar-refractivity contribution in [1.29, 1.82) is 0 Å². The molecule has 0 aliphatic rings. The molecule has 2 aromatic heterocycles. The molecule has 0 saturated heterocycles. The number of aryl methyl sites for hydroxylation is 1. The SMILES string of the molecule is CCCc1cc(NC(=O)c2cccnc2S(=O)Cc2ccc(OC)cc2OC)ccn1. The zero-order valence-corrected chi connectivity index (χ0v) is 18.6. The molecule has 0 bridgehead atoms.